The van der Waals surface area contributed by atoms with Crippen LogP contribution in [0.3, 0.4) is 0 Å². The summed E-state index contributed by atoms with van der Waals surface area (Å²) in [5.41, 5.74) is 5.61. The second-order valence-electron chi connectivity index (χ2n) is 15.1. The van der Waals surface area contributed by atoms with Crippen molar-refractivity contribution in [2.24, 2.45) is 0 Å². The van der Waals surface area contributed by atoms with E-state index in [0.29, 0.717) is 23.2 Å². The Kier molecular flexibility index (Phi) is 19.9. The molecule has 0 spiro atoms. The van der Waals surface area contributed by atoms with Gasteiger partial charge >= 0.3 is 0 Å². The largest absolute Gasteiger partial charge is 0.397 e. The van der Waals surface area contributed by atoms with Crippen molar-refractivity contribution < 1.29 is 38.0 Å². The Bertz CT molecular complexity index is 1800. The first-order valence-corrected chi connectivity index (χ1v) is 23.6. The lowest BCUT2D eigenvalue weighted by Gasteiger charge is -2.25. The highest BCUT2D eigenvalue weighted by Gasteiger charge is 2.57. The molecule has 5 N–H and O–H groups in total. The molecule has 1 saturated heterocycles. The first-order chi connectivity index (χ1) is 27.5. The zero-order valence-electron chi connectivity index (χ0n) is 33.4. The van der Waals surface area contributed by atoms with Crippen LogP contribution < -0.4 is 5.73 Å². The van der Waals surface area contributed by atoms with Gasteiger partial charge in [-0.2, -0.15) is 15.6 Å². The number of hydrogen-bond acceptors (Lipinski definition) is 10. The minimum atomic E-state index is -3.72. The zero-order chi connectivity index (χ0) is 41.1. The quantitative estimate of drug-likeness (QED) is 0.0403. The van der Waals surface area contributed by atoms with Crippen molar-refractivity contribution in [1.82, 2.24) is 9.61 Å². The number of halogens is 1. The third-order valence-electron chi connectivity index (χ3n) is 10.7. The second kappa shape index (κ2) is 24.2. The van der Waals surface area contributed by atoms with Crippen LogP contribution in [0.2, 0.25) is 0 Å². The van der Waals surface area contributed by atoms with E-state index in [-0.39, 0.29) is 24.5 Å². The lowest BCUT2D eigenvalue weighted by atomic mass is 9.92. The zero-order valence-corrected chi connectivity index (χ0v) is 35.3. The standard InChI is InChI=1S/C42H62FN5O7P2/c1-2-3-4-5-6-7-8-9-10-11-12-13-14-15-16-17-18-19-34(52-28-33-21-20-32(27-44)26-35(33)43)29-53-57(51,56)54-30-38-40(49)41(50)42(31-45,55-38)39-23-22-37-36(46)24-25-47-48(37)39/h20-26,34,38,40-41,49-51,56H,2-19,28-30,46H2,1H3/t34-,38-,40-,41-,42+,57?/m1/s1. The van der Waals surface area contributed by atoms with E-state index in [4.69, 9.17) is 29.5 Å². The minimum Gasteiger partial charge on any atom is -0.397 e. The van der Waals surface area contributed by atoms with Gasteiger partial charge in [0.1, 0.15) is 30.2 Å². The molecule has 12 nitrogen and oxygen atoms in total. The molecule has 314 valence electrons. The number of aliphatic hydroxyl groups is 2. The summed E-state index contributed by atoms with van der Waals surface area (Å²) in [5.74, 6) is -0.544. The van der Waals surface area contributed by atoms with Gasteiger partial charge in [-0.15, -0.1) is 0 Å². The van der Waals surface area contributed by atoms with Crippen molar-refractivity contribution in [2.45, 2.75) is 159 Å². The highest BCUT2D eigenvalue weighted by atomic mass is 31.8. The first kappa shape index (κ1) is 46.8. The van der Waals surface area contributed by atoms with Crippen LogP contribution in [0, 0.1) is 28.5 Å². The molecule has 4 rings (SSSR count). The number of fused-ring (bicyclic) bond motifs is 1. The van der Waals surface area contributed by atoms with Gasteiger partial charge in [-0.1, -0.05) is 122 Å². The number of benzene rings is 1. The van der Waals surface area contributed by atoms with E-state index in [9.17, 15) is 24.8 Å². The van der Waals surface area contributed by atoms with Gasteiger partial charge < -0.3 is 39.4 Å². The summed E-state index contributed by atoms with van der Waals surface area (Å²) in [6.45, 7) is 1.67. The Labute approximate surface area is 339 Å². The first-order valence-electron chi connectivity index (χ1n) is 20.7. The molecule has 3 aromatic rings. The Balaban J connectivity index is 1.21. The van der Waals surface area contributed by atoms with E-state index in [1.165, 1.54) is 119 Å². The number of nitrogens with two attached hydrogens (primary N) is 1. The van der Waals surface area contributed by atoms with Crippen molar-refractivity contribution in [3.05, 3.63) is 65.2 Å². The second-order valence-corrected chi connectivity index (χ2v) is 18.4. The maximum Gasteiger partial charge on any atom is 0.274 e. The average Bonchev–Trinajstić information content (AvgIpc) is 3.75. The molecule has 0 aliphatic carbocycles. The summed E-state index contributed by atoms with van der Waals surface area (Å²) in [4.78, 5) is 11.1. The maximum atomic E-state index is 14.6. The molecule has 2 aromatic heterocycles. The topological polar surface area (TPSA) is 189 Å². The third-order valence-corrected chi connectivity index (χ3v) is 12.5. The highest BCUT2D eigenvalue weighted by Crippen LogP contribution is 2.51. The maximum absolute atomic E-state index is 14.6. The molecule has 57 heavy (non-hydrogen) atoms. The number of unbranched alkanes of at least 4 members (excludes halogenated alkanes) is 16. The fourth-order valence-electron chi connectivity index (χ4n) is 7.28. The van der Waals surface area contributed by atoms with E-state index in [1.807, 2.05) is 12.1 Å². The van der Waals surface area contributed by atoms with E-state index < -0.39 is 49.7 Å². The van der Waals surface area contributed by atoms with Crippen LogP contribution in [0.4, 0.5) is 10.1 Å². The predicted octanol–water partition coefficient (Wildman–Crippen LogP) is 9.24. The fourth-order valence-corrected chi connectivity index (χ4v) is 8.52. The Morgan fingerprint density at radius 2 is 1.54 bits per heavy atom. The van der Waals surface area contributed by atoms with Crippen molar-refractivity contribution in [3.63, 3.8) is 0 Å². The number of nitrogen functional groups attached to an aromatic ring is 1. The summed E-state index contributed by atoms with van der Waals surface area (Å²) < 4.78 is 39.5. The molecule has 6 atom stereocenters. The minimum absolute atomic E-state index is 0.0604. The molecule has 15 heteroatoms. The number of aromatic nitrogens is 2. The number of aliphatic hydroxyl groups excluding tert-OH is 2. The van der Waals surface area contributed by atoms with Gasteiger partial charge in [0, 0.05) is 11.8 Å². The van der Waals surface area contributed by atoms with Gasteiger partial charge in [0.15, 0.2) is 0 Å². The molecular formula is C42H62FN5O7P2. The average molecular weight is 830 g/mol. The normalized spacial score (nSPS) is 21.0. The molecule has 0 saturated carbocycles. The summed E-state index contributed by atoms with van der Waals surface area (Å²) in [5, 5.41) is 45.5. The Morgan fingerprint density at radius 1 is 0.930 bits per heavy atom. The molecule has 3 heterocycles. The molecule has 1 unspecified atom stereocenters. The van der Waals surface area contributed by atoms with E-state index in [1.54, 1.807) is 18.2 Å². The van der Waals surface area contributed by atoms with Crippen LogP contribution in [-0.2, 0) is 30.7 Å². The molecule has 1 fully saturated rings. The summed E-state index contributed by atoms with van der Waals surface area (Å²) in [6.07, 6.45) is 18.5. The number of anilines is 1. The predicted molar refractivity (Wildman–Crippen MR) is 222 cm³/mol. The van der Waals surface area contributed by atoms with Crippen LogP contribution >= 0.6 is 15.8 Å². The Morgan fingerprint density at radius 3 is 2.12 bits per heavy atom. The van der Waals surface area contributed by atoms with Crippen LogP contribution in [0.1, 0.15) is 139 Å². The van der Waals surface area contributed by atoms with Crippen molar-refractivity contribution in [3.8, 4) is 12.1 Å². The monoisotopic (exact) mass is 829 g/mol. The van der Waals surface area contributed by atoms with Crippen LogP contribution in [-0.4, -0.2) is 62.4 Å². The molecule has 0 bridgehead atoms. The molecule has 0 amide bonds. The van der Waals surface area contributed by atoms with Gasteiger partial charge in [0.25, 0.3) is 7.23 Å². The number of hydrogen-bond donors (Lipinski definition) is 4. The lowest BCUT2D eigenvalue weighted by Crippen LogP contribution is -2.41. The molecule has 1 aliphatic rings. The summed E-state index contributed by atoms with van der Waals surface area (Å²) in [7, 11) is -0.515. The van der Waals surface area contributed by atoms with Gasteiger partial charge in [-0.25, -0.2) is 8.91 Å². The van der Waals surface area contributed by atoms with Crippen molar-refractivity contribution in [1.29, 1.82) is 10.5 Å². The van der Waals surface area contributed by atoms with Crippen LogP contribution in [0.15, 0.2) is 42.6 Å². The van der Waals surface area contributed by atoms with Gasteiger partial charge in [0.2, 0.25) is 5.60 Å². The van der Waals surface area contributed by atoms with E-state index >= 15 is 0 Å². The van der Waals surface area contributed by atoms with Gasteiger partial charge in [0.05, 0.1) is 54.5 Å². The molecule has 1 aliphatic heterocycles. The number of nitriles is 2. The SMILES string of the molecule is CCCCCCCCCCCCCCCCCCC[C@H](COP(O)(=P)OC[C@H]1O[C@@](C#N)(c2ccc3c(N)ccnn23)[C@H](O)[C@@H]1O)OCc1ccc(C#N)cc1F. The molecular weight excluding hydrogens is 767 g/mol. The van der Waals surface area contributed by atoms with Gasteiger partial charge in [-0.3, -0.25) is 0 Å². The van der Waals surface area contributed by atoms with E-state index in [2.05, 4.69) is 20.5 Å². The lowest BCUT2D eigenvalue weighted by molar-refractivity contribution is -0.0637. The smallest absolute Gasteiger partial charge is 0.274 e. The fraction of sp³-hybridized carbons (Fsp3) is 0.643. The number of ether oxygens (including phenoxy) is 2. The Hall–Kier alpha value is -2.93. The van der Waals surface area contributed by atoms with Crippen molar-refractivity contribution in [2.75, 3.05) is 18.9 Å². The summed E-state index contributed by atoms with van der Waals surface area (Å²) >= 11 is 0. The highest BCUT2D eigenvalue weighted by molar-refractivity contribution is 7.88. The van der Waals surface area contributed by atoms with Gasteiger partial charge in [-0.05, 0) is 45.3 Å². The van der Waals surface area contributed by atoms with E-state index in [0.717, 1.165) is 19.3 Å². The van der Waals surface area contributed by atoms with Crippen LogP contribution in [0.25, 0.3) is 5.52 Å². The molecule has 0 radical (unpaired) electrons. The number of rotatable bonds is 28. The number of nitrogens with zero attached hydrogens (tertiary/aromatic N) is 4. The summed E-state index contributed by atoms with van der Waals surface area (Å²) in [6, 6.07) is 12.9. The third kappa shape index (κ3) is 14.1. The van der Waals surface area contributed by atoms with Crippen molar-refractivity contribution >= 4 is 27.0 Å². The molecule has 1 aromatic carbocycles. The van der Waals surface area contributed by atoms with Crippen LogP contribution in [0.5, 0.6) is 0 Å².